The summed E-state index contributed by atoms with van der Waals surface area (Å²) >= 11 is 0. The lowest BCUT2D eigenvalue weighted by atomic mass is 10.0. The highest BCUT2D eigenvalue weighted by Gasteiger charge is 2.27. The molecule has 0 saturated heterocycles. The fraction of sp³-hybridized carbons (Fsp3) is 0.286. The lowest BCUT2D eigenvalue weighted by Crippen LogP contribution is -2.45. The summed E-state index contributed by atoms with van der Waals surface area (Å²) in [5, 5.41) is 9.82. The number of aliphatic carboxylic acids is 1. The van der Waals surface area contributed by atoms with Crippen molar-refractivity contribution >= 4 is 16.9 Å². The van der Waals surface area contributed by atoms with Crippen molar-refractivity contribution in [2.45, 2.75) is 18.9 Å². The third-order valence-corrected chi connectivity index (χ3v) is 2.97. The second kappa shape index (κ2) is 5.24. The summed E-state index contributed by atoms with van der Waals surface area (Å²) in [6, 6.07) is 9.32. The largest absolute Gasteiger partial charge is 0.493 e. The summed E-state index contributed by atoms with van der Waals surface area (Å²) < 4.78 is 5.62. The molecule has 100 valence electrons. The van der Waals surface area contributed by atoms with Crippen LogP contribution in [0.2, 0.25) is 0 Å². The first kappa shape index (κ1) is 13.3. The molecule has 1 aromatic heterocycles. The number of fused-ring (bicyclic) bond motifs is 1. The minimum absolute atomic E-state index is 0.235. The van der Waals surface area contributed by atoms with Crippen LogP contribution in [0, 0.1) is 0 Å². The van der Waals surface area contributed by atoms with Crippen molar-refractivity contribution in [3.05, 3.63) is 36.5 Å². The number of carboxylic acids is 1. The highest BCUT2D eigenvalue weighted by Crippen LogP contribution is 2.24. The van der Waals surface area contributed by atoms with E-state index in [0.29, 0.717) is 5.75 Å². The molecule has 1 aromatic carbocycles. The minimum atomic E-state index is -1.27. The molecule has 5 heteroatoms. The number of pyridine rings is 1. The second-order valence-electron chi connectivity index (χ2n) is 4.65. The average molecular weight is 260 g/mol. The van der Waals surface area contributed by atoms with Gasteiger partial charge in [-0.1, -0.05) is 6.07 Å². The van der Waals surface area contributed by atoms with Gasteiger partial charge in [-0.2, -0.15) is 0 Å². The van der Waals surface area contributed by atoms with Crippen LogP contribution < -0.4 is 10.5 Å². The van der Waals surface area contributed by atoms with Gasteiger partial charge in [0.05, 0.1) is 12.1 Å². The number of nitrogens with two attached hydrogens (primary N) is 1. The van der Waals surface area contributed by atoms with Gasteiger partial charge < -0.3 is 15.6 Å². The molecule has 1 heterocycles. The summed E-state index contributed by atoms with van der Waals surface area (Å²) in [6.07, 6.45) is 1.95. The molecule has 19 heavy (non-hydrogen) atoms. The molecule has 0 spiro atoms. The number of rotatable bonds is 5. The third-order valence-electron chi connectivity index (χ3n) is 2.97. The van der Waals surface area contributed by atoms with Crippen LogP contribution in [-0.4, -0.2) is 28.2 Å². The van der Waals surface area contributed by atoms with Crippen LogP contribution in [-0.2, 0) is 4.79 Å². The maximum atomic E-state index is 10.9. The van der Waals surface area contributed by atoms with E-state index in [9.17, 15) is 4.79 Å². The molecule has 0 aliphatic heterocycles. The highest BCUT2D eigenvalue weighted by atomic mass is 16.5. The van der Waals surface area contributed by atoms with Crippen LogP contribution in [0.15, 0.2) is 36.5 Å². The van der Waals surface area contributed by atoms with Gasteiger partial charge in [-0.3, -0.25) is 9.78 Å². The van der Waals surface area contributed by atoms with E-state index < -0.39 is 11.5 Å². The molecule has 0 saturated carbocycles. The van der Waals surface area contributed by atoms with E-state index >= 15 is 0 Å². The lowest BCUT2D eigenvalue weighted by molar-refractivity contribution is -0.143. The number of benzene rings is 1. The van der Waals surface area contributed by atoms with Crippen LogP contribution in [0.5, 0.6) is 5.75 Å². The van der Waals surface area contributed by atoms with Gasteiger partial charge in [0.15, 0.2) is 0 Å². The van der Waals surface area contributed by atoms with E-state index in [-0.39, 0.29) is 13.0 Å². The molecular formula is C14H16N2O3. The first-order chi connectivity index (χ1) is 9.00. The molecule has 0 aliphatic carbocycles. The van der Waals surface area contributed by atoms with E-state index in [0.717, 1.165) is 10.9 Å². The Morgan fingerprint density at radius 1 is 1.42 bits per heavy atom. The van der Waals surface area contributed by atoms with E-state index in [4.69, 9.17) is 15.6 Å². The predicted octanol–water partition coefficient (Wildman–Crippen LogP) is 1.81. The number of hydrogen-bond donors (Lipinski definition) is 2. The Labute approximate surface area is 111 Å². The highest BCUT2D eigenvalue weighted by molar-refractivity contribution is 5.84. The monoisotopic (exact) mass is 260 g/mol. The predicted molar refractivity (Wildman–Crippen MR) is 72.1 cm³/mol. The summed E-state index contributed by atoms with van der Waals surface area (Å²) in [4.78, 5) is 15.1. The third kappa shape index (κ3) is 3.00. The van der Waals surface area contributed by atoms with Gasteiger partial charge in [0.1, 0.15) is 11.3 Å². The standard InChI is InChI=1S/C14H16N2O3/c1-14(15,13(17)18)7-9-19-12-6-2-5-11-10(12)4-3-8-16-11/h2-6,8H,7,9,15H2,1H3,(H,17,18). The van der Waals surface area contributed by atoms with Gasteiger partial charge in [-0.15, -0.1) is 0 Å². The Kier molecular flexibility index (Phi) is 3.66. The zero-order valence-corrected chi connectivity index (χ0v) is 10.7. The molecule has 1 unspecified atom stereocenters. The zero-order chi connectivity index (χ0) is 13.9. The molecule has 2 aromatic rings. The summed E-state index contributed by atoms with van der Waals surface area (Å²) in [5.74, 6) is -0.345. The van der Waals surface area contributed by atoms with E-state index in [1.165, 1.54) is 6.92 Å². The van der Waals surface area contributed by atoms with Crippen molar-refractivity contribution in [1.29, 1.82) is 0 Å². The number of ether oxygens (including phenoxy) is 1. The second-order valence-corrected chi connectivity index (χ2v) is 4.65. The Morgan fingerprint density at radius 2 is 2.21 bits per heavy atom. The van der Waals surface area contributed by atoms with Crippen LogP contribution in [0.3, 0.4) is 0 Å². The Hall–Kier alpha value is -2.14. The van der Waals surface area contributed by atoms with Crippen molar-refractivity contribution in [3.63, 3.8) is 0 Å². The van der Waals surface area contributed by atoms with Gasteiger partial charge in [-0.05, 0) is 31.2 Å². The normalized spacial score (nSPS) is 14.0. The molecule has 0 radical (unpaired) electrons. The fourth-order valence-electron chi connectivity index (χ4n) is 1.68. The fourth-order valence-corrected chi connectivity index (χ4v) is 1.68. The Morgan fingerprint density at radius 3 is 2.95 bits per heavy atom. The smallest absolute Gasteiger partial charge is 0.323 e. The molecule has 1 atom stereocenters. The van der Waals surface area contributed by atoms with E-state index in [2.05, 4.69) is 4.98 Å². The number of carbonyl (C=O) groups is 1. The SMILES string of the molecule is CC(N)(CCOc1cccc2ncccc12)C(=O)O. The molecule has 0 aliphatic rings. The lowest BCUT2D eigenvalue weighted by Gasteiger charge is -2.19. The summed E-state index contributed by atoms with van der Waals surface area (Å²) in [5.41, 5.74) is 5.21. The summed E-state index contributed by atoms with van der Waals surface area (Å²) in [7, 11) is 0. The van der Waals surface area contributed by atoms with Crippen molar-refractivity contribution in [3.8, 4) is 5.75 Å². The maximum absolute atomic E-state index is 10.9. The minimum Gasteiger partial charge on any atom is -0.493 e. The van der Waals surface area contributed by atoms with E-state index in [1.807, 2.05) is 30.3 Å². The van der Waals surface area contributed by atoms with Crippen molar-refractivity contribution < 1.29 is 14.6 Å². The van der Waals surface area contributed by atoms with Crippen LogP contribution in [0.1, 0.15) is 13.3 Å². The summed E-state index contributed by atoms with van der Waals surface area (Å²) in [6.45, 7) is 1.72. The molecule has 0 bridgehead atoms. The molecule has 0 amide bonds. The first-order valence-corrected chi connectivity index (χ1v) is 5.99. The molecule has 3 N–H and O–H groups in total. The van der Waals surface area contributed by atoms with Crippen LogP contribution in [0.4, 0.5) is 0 Å². The Balaban J connectivity index is 2.09. The number of hydrogen-bond acceptors (Lipinski definition) is 4. The maximum Gasteiger partial charge on any atom is 0.323 e. The van der Waals surface area contributed by atoms with Crippen molar-refractivity contribution in [2.24, 2.45) is 5.73 Å². The van der Waals surface area contributed by atoms with Gasteiger partial charge in [0.25, 0.3) is 0 Å². The molecular weight excluding hydrogens is 244 g/mol. The first-order valence-electron chi connectivity index (χ1n) is 5.99. The van der Waals surface area contributed by atoms with Gasteiger partial charge in [0.2, 0.25) is 0 Å². The molecule has 2 rings (SSSR count). The zero-order valence-electron chi connectivity index (χ0n) is 10.7. The van der Waals surface area contributed by atoms with Gasteiger partial charge >= 0.3 is 5.97 Å². The van der Waals surface area contributed by atoms with E-state index in [1.54, 1.807) is 6.20 Å². The van der Waals surface area contributed by atoms with Gasteiger partial charge in [0, 0.05) is 18.0 Å². The number of carboxylic acid groups (broad SMARTS) is 1. The number of nitrogens with zero attached hydrogens (tertiary/aromatic N) is 1. The number of aromatic nitrogens is 1. The Bertz CT molecular complexity index is 591. The average Bonchev–Trinajstić information content (AvgIpc) is 2.38. The van der Waals surface area contributed by atoms with Crippen LogP contribution >= 0.6 is 0 Å². The topological polar surface area (TPSA) is 85.4 Å². The van der Waals surface area contributed by atoms with Crippen molar-refractivity contribution in [2.75, 3.05) is 6.61 Å². The van der Waals surface area contributed by atoms with Gasteiger partial charge in [-0.25, -0.2) is 0 Å². The molecule has 0 fully saturated rings. The quantitative estimate of drug-likeness (QED) is 0.856. The van der Waals surface area contributed by atoms with Crippen LogP contribution in [0.25, 0.3) is 10.9 Å². The molecule has 5 nitrogen and oxygen atoms in total. The van der Waals surface area contributed by atoms with Crippen molar-refractivity contribution in [1.82, 2.24) is 4.98 Å².